The van der Waals surface area contributed by atoms with Gasteiger partial charge in [-0.25, -0.2) is 0 Å². The summed E-state index contributed by atoms with van der Waals surface area (Å²) in [7, 11) is 0. The van der Waals surface area contributed by atoms with E-state index >= 15 is 0 Å². The second kappa shape index (κ2) is 5.15. The molecule has 20 heavy (non-hydrogen) atoms. The molecule has 3 N–H and O–H groups in total. The SMILES string of the molecule is Cc1ccc(O)c(C(=O)NC(C)(C)C(C)(C)C(=O)O)c1. The summed E-state index contributed by atoms with van der Waals surface area (Å²) in [6.45, 7) is 8.19. The molecule has 0 aliphatic carbocycles. The fourth-order valence-electron chi connectivity index (χ4n) is 1.61. The minimum Gasteiger partial charge on any atom is -0.507 e. The van der Waals surface area contributed by atoms with Crippen LogP contribution in [0.5, 0.6) is 5.75 Å². The number of nitrogens with one attached hydrogen (secondary N) is 1. The Kier molecular flexibility index (Phi) is 4.12. The van der Waals surface area contributed by atoms with Crippen LogP contribution in [0.1, 0.15) is 43.6 Å². The number of hydrogen-bond acceptors (Lipinski definition) is 3. The van der Waals surface area contributed by atoms with Gasteiger partial charge in [0.1, 0.15) is 5.75 Å². The van der Waals surface area contributed by atoms with Crippen molar-refractivity contribution < 1.29 is 19.8 Å². The molecule has 0 radical (unpaired) electrons. The average molecular weight is 279 g/mol. The molecule has 110 valence electrons. The molecule has 1 rings (SSSR count). The number of carboxylic acid groups (broad SMARTS) is 1. The summed E-state index contributed by atoms with van der Waals surface area (Å²) >= 11 is 0. The number of carbonyl (C=O) groups is 2. The Morgan fingerprint density at radius 1 is 1.15 bits per heavy atom. The molecule has 1 amide bonds. The number of rotatable bonds is 4. The molecule has 0 aliphatic rings. The highest BCUT2D eigenvalue weighted by atomic mass is 16.4. The van der Waals surface area contributed by atoms with Crippen LogP contribution in [0, 0.1) is 12.3 Å². The lowest BCUT2D eigenvalue weighted by molar-refractivity contribution is -0.150. The zero-order valence-corrected chi connectivity index (χ0v) is 12.4. The Hall–Kier alpha value is -2.04. The maximum Gasteiger partial charge on any atom is 0.311 e. The summed E-state index contributed by atoms with van der Waals surface area (Å²) in [6, 6.07) is 4.70. The van der Waals surface area contributed by atoms with Crippen molar-refractivity contribution in [2.75, 3.05) is 0 Å². The second-order valence-electron chi connectivity index (χ2n) is 6.03. The van der Waals surface area contributed by atoms with Crippen molar-refractivity contribution in [3.8, 4) is 5.75 Å². The number of amides is 1. The van der Waals surface area contributed by atoms with Crippen LogP contribution >= 0.6 is 0 Å². The fourth-order valence-corrected chi connectivity index (χ4v) is 1.61. The van der Waals surface area contributed by atoms with Gasteiger partial charge in [0.25, 0.3) is 5.91 Å². The first-order valence-electron chi connectivity index (χ1n) is 6.34. The summed E-state index contributed by atoms with van der Waals surface area (Å²) in [4.78, 5) is 23.5. The van der Waals surface area contributed by atoms with E-state index in [4.69, 9.17) is 0 Å². The Bertz CT molecular complexity index is 547. The number of carbonyl (C=O) groups excluding carboxylic acids is 1. The van der Waals surface area contributed by atoms with E-state index in [0.29, 0.717) is 0 Å². The number of aromatic hydroxyl groups is 1. The van der Waals surface area contributed by atoms with Crippen LogP contribution in [0.4, 0.5) is 0 Å². The number of aliphatic carboxylic acids is 1. The summed E-state index contributed by atoms with van der Waals surface area (Å²) < 4.78 is 0. The Labute approximate surface area is 118 Å². The lowest BCUT2D eigenvalue weighted by Gasteiger charge is -2.38. The first kappa shape index (κ1) is 16.0. The van der Waals surface area contributed by atoms with Crippen LogP contribution in [-0.4, -0.2) is 27.6 Å². The summed E-state index contributed by atoms with van der Waals surface area (Å²) in [5, 5.41) is 21.7. The predicted molar refractivity (Wildman–Crippen MR) is 75.8 cm³/mol. The van der Waals surface area contributed by atoms with Gasteiger partial charge in [0.05, 0.1) is 16.5 Å². The molecule has 5 nitrogen and oxygen atoms in total. The number of phenols is 1. The van der Waals surface area contributed by atoms with Crippen LogP contribution < -0.4 is 5.32 Å². The van der Waals surface area contributed by atoms with Gasteiger partial charge in [0.2, 0.25) is 0 Å². The van der Waals surface area contributed by atoms with Crippen molar-refractivity contribution in [2.45, 2.75) is 40.2 Å². The minimum absolute atomic E-state index is 0.128. The molecular formula is C15H21NO4. The van der Waals surface area contributed by atoms with E-state index in [9.17, 15) is 19.8 Å². The van der Waals surface area contributed by atoms with E-state index in [1.54, 1.807) is 39.8 Å². The molecule has 0 saturated heterocycles. The van der Waals surface area contributed by atoms with Crippen molar-refractivity contribution in [3.05, 3.63) is 29.3 Å². The first-order valence-corrected chi connectivity index (χ1v) is 6.34. The van der Waals surface area contributed by atoms with E-state index < -0.39 is 22.8 Å². The molecule has 1 aromatic rings. The topological polar surface area (TPSA) is 86.6 Å². The van der Waals surface area contributed by atoms with Gasteiger partial charge in [-0.15, -0.1) is 0 Å². The van der Waals surface area contributed by atoms with Crippen molar-refractivity contribution in [2.24, 2.45) is 5.41 Å². The molecule has 0 bridgehead atoms. The summed E-state index contributed by atoms with van der Waals surface area (Å²) in [6.07, 6.45) is 0. The predicted octanol–water partition coefficient (Wildman–Crippen LogP) is 2.32. The van der Waals surface area contributed by atoms with E-state index in [2.05, 4.69) is 5.32 Å². The van der Waals surface area contributed by atoms with Crippen LogP contribution in [-0.2, 0) is 4.79 Å². The van der Waals surface area contributed by atoms with E-state index in [0.717, 1.165) is 5.56 Å². The van der Waals surface area contributed by atoms with Crippen LogP contribution in [0.25, 0.3) is 0 Å². The van der Waals surface area contributed by atoms with Crippen molar-refractivity contribution in [1.29, 1.82) is 0 Å². The molecule has 0 spiro atoms. The molecule has 5 heteroatoms. The van der Waals surface area contributed by atoms with Crippen molar-refractivity contribution >= 4 is 11.9 Å². The third-order valence-electron chi connectivity index (χ3n) is 3.92. The molecule has 0 aliphatic heterocycles. The summed E-state index contributed by atoms with van der Waals surface area (Å²) in [5.74, 6) is -1.63. The van der Waals surface area contributed by atoms with Gasteiger partial charge in [-0.05, 0) is 46.8 Å². The van der Waals surface area contributed by atoms with E-state index in [1.807, 2.05) is 6.92 Å². The van der Waals surface area contributed by atoms with Gasteiger partial charge in [-0.2, -0.15) is 0 Å². The van der Waals surface area contributed by atoms with Gasteiger partial charge in [-0.3, -0.25) is 9.59 Å². The average Bonchev–Trinajstić information content (AvgIpc) is 2.31. The molecule has 0 saturated carbocycles. The van der Waals surface area contributed by atoms with E-state index in [1.165, 1.54) is 6.07 Å². The molecular weight excluding hydrogens is 258 g/mol. The highest BCUT2D eigenvalue weighted by Crippen LogP contribution is 2.31. The fraction of sp³-hybridized carbons (Fsp3) is 0.467. The smallest absolute Gasteiger partial charge is 0.311 e. The quantitative estimate of drug-likeness (QED) is 0.789. The number of carboxylic acids is 1. The summed E-state index contributed by atoms with van der Waals surface area (Å²) in [5.41, 5.74) is -1.16. The third-order valence-corrected chi connectivity index (χ3v) is 3.92. The van der Waals surface area contributed by atoms with E-state index in [-0.39, 0.29) is 11.3 Å². The third kappa shape index (κ3) is 2.92. The number of phenolic OH excluding ortho intramolecular Hbond substituents is 1. The molecule has 0 atom stereocenters. The lowest BCUT2D eigenvalue weighted by Crippen LogP contribution is -2.56. The second-order valence-corrected chi connectivity index (χ2v) is 6.03. The lowest BCUT2D eigenvalue weighted by atomic mass is 9.74. The van der Waals surface area contributed by atoms with Crippen LogP contribution in [0.15, 0.2) is 18.2 Å². The normalized spacial score (nSPS) is 12.1. The largest absolute Gasteiger partial charge is 0.507 e. The van der Waals surface area contributed by atoms with Gasteiger partial charge >= 0.3 is 5.97 Å². The van der Waals surface area contributed by atoms with Gasteiger partial charge in [0.15, 0.2) is 0 Å². The number of hydrogen-bond donors (Lipinski definition) is 3. The molecule has 0 heterocycles. The van der Waals surface area contributed by atoms with Gasteiger partial charge in [0, 0.05) is 0 Å². The zero-order valence-electron chi connectivity index (χ0n) is 12.4. The van der Waals surface area contributed by atoms with Crippen LogP contribution in [0.2, 0.25) is 0 Å². The highest BCUT2D eigenvalue weighted by molar-refractivity contribution is 5.97. The zero-order chi connectivity index (χ0) is 15.7. The number of benzene rings is 1. The van der Waals surface area contributed by atoms with Crippen molar-refractivity contribution in [3.63, 3.8) is 0 Å². The molecule has 1 aromatic carbocycles. The maximum atomic E-state index is 12.2. The molecule has 0 unspecified atom stereocenters. The van der Waals surface area contributed by atoms with Gasteiger partial charge in [-0.1, -0.05) is 11.6 Å². The Morgan fingerprint density at radius 3 is 2.20 bits per heavy atom. The minimum atomic E-state index is -1.15. The Balaban J connectivity index is 3.06. The molecule has 0 aromatic heterocycles. The first-order chi connectivity index (χ1) is 8.99. The van der Waals surface area contributed by atoms with Gasteiger partial charge < -0.3 is 15.5 Å². The standard InChI is InChI=1S/C15H21NO4/c1-9-6-7-11(17)10(8-9)12(18)16-15(4,5)14(2,3)13(19)20/h6-8,17H,1-5H3,(H,16,18)(H,19,20). The highest BCUT2D eigenvalue weighted by Gasteiger charge is 2.44. The van der Waals surface area contributed by atoms with Crippen molar-refractivity contribution in [1.82, 2.24) is 5.32 Å². The molecule has 0 fully saturated rings. The number of aryl methyl sites for hydroxylation is 1. The van der Waals surface area contributed by atoms with Crippen LogP contribution in [0.3, 0.4) is 0 Å². The Morgan fingerprint density at radius 2 is 1.70 bits per heavy atom. The maximum absolute atomic E-state index is 12.2. The monoisotopic (exact) mass is 279 g/mol.